The molecule has 142 valence electrons. The number of benzene rings is 2. The van der Waals surface area contributed by atoms with Crippen LogP contribution in [0.5, 0.6) is 5.75 Å². The number of nitrogens with zero attached hydrogens (tertiary/aromatic N) is 4. The van der Waals surface area contributed by atoms with Crippen LogP contribution in [0.4, 0.5) is 0 Å². The van der Waals surface area contributed by atoms with Crippen LogP contribution in [0.1, 0.15) is 16.8 Å². The van der Waals surface area contributed by atoms with Crippen molar-refractivity contribution in [3.8, 4) is 5.75 Å². The summed E-state index contributed by atoms with van der Waals surface area (Å²) in [5, 5.41) is 12.0. The van der Waals surface area contributed by atoms with Crippen LogP contribution in [0.25, 0.3) is 6.08 Å². The zero-order valence-corrected chi connectivity index (χ0v) is 15.5. The van der Waals surface area contributed by atoms with Crippen molar-refractivity contribution >= 4 is 18.2 Å². The van der Waals surface area contributed by atoms with Gasteiger partial charge in [-0.05, 0) is 42.3 Å². The first kappa shape index (κ1) is 19.0. The van der Waals surface area contributed by atoms with Gasteiger partial charge in [0.2, 0.25) is 0 Å². The maximum atomic E-state index is 11.7. The summed E-state index contributed by atoms with van der Waals surface area (Å²) in [6, 6.07) is 17.5. The van der Waals surface area contributed by atoms with E-state index in [1.807, 2.05) is 61.7 Å². The molecule has 0 fully saturated rings. The van der Waals surface area contributed by atoms with Crippen molar-refractivity contribution in [3.05, 3.63) is 83.7 Å². The molecule has 28 heavy (non-hydrogen) atoms. The zero-order chi connectivity index (χ0) is 19.6. The smallest absolute Gasteiger partial charge is 0.277 e. The van der Waals surface area contributed by atoms with Gasteiger partial charge in [0.1, 0.15) is 11.4 Å². The van der Waals surface area contributed by atoms with Crippen LogP contribution in [0.3, 0.4) is 0 Å². The number of hydrazone groups is 1. The van der Waals surface area contributed by atoms with E-state index >= 15 is 0 Å². The molecule has 0 saturated carbocycles. The molecule has 3 aromatic rings. The molecule has 2 aromatic carbocycles. The Balaban J connectivity index is 1.40. The van der Waals surface area contributed by atoms with Crippen molar-refractivity contribution in [1.82, 2.24) is 20.4 Å². The molecule has 0 aliphatic heterocycles. The average molecular weight is 375 g/mol. The van der Waals surface area contributed by atoms with Gasteiger partial charge >= 0.3 is 0 Å². The standard InChI is InChI=1S/C21H21N5O2/c1-17-7-5-11-20(13-17)28-16-21(27)24-22-12-6-10-19-15-26(25-23-19)14-18-8-3-2-4-9-18/h2-13,15H,14,16H2,1H3,(H,24,27)/b10-6+,22-12+. The number of hydrogen-bond acceptors (Lipinski definition) is 5. The van der Waals surface area contributed by atoms with Gasteiger partial charge in [-0.1, -0.05) is 47.7 Å². The molecule has 1 heterocycles. The van der Waals surface area contributed by atoms with Crippen molar-refractivity contribution in [3.63, 3.8) is 0 Å². The predicted octanol–water partition coefficient (Wildman–Crippen LogP) is 2.83. The number of aryl methyl sites for hydroxylation is 1. The van der Waals surface area contributed by atoms with Gasteiger partial charge in [0.05, 0.1) is 12.7 Å². The molecule has 7 heteroatoms. The Labute approximate surface area is 163 Å². The van der Waals surface area contributed by atoms with Gasteiger partial charge in [-0.2, -0.15) is 5.10 Å². The number of amides is 1. The van der Waals surface area contributed by atoms with Crippen molar-refractivity contribution in [2.75, 3.05) is 6.61 Å². The largest absolute Gasteiger partial charge is 0.484 e. The molecule has 3 rings (SSSR count). The first-order valence-corrected chi connectivity index (χ1v) is 8.81. The van der Waals surface area contributed by atoms with Gasteiger partial charge < -0.3 is 4.74 Å². The maximum absolute atomic E-state index is 11.7. The van der Waals surface area contributed by atoms with Crippen molar-refractivity contribution in [1.29, 1.82) is 0 Å². The second-order valence-electron chi connectivity index (χ2n) is 6.10. The number of aromatic nitrogens is 3. The lowest BCUT2D eigenvalue weighted by molar-refractivity contribution is -0.123. The highest BCUT2D eigenvalue weighted by Gasteiger charge is 2.01. The van der Waals surface area contributed by atoms with Crippen LogP contribution in [0.15, 0.2) is 72.0 Å². The lowest BCUT2D eigenvalue weighted by Crippen LogP contribution is -2.24. The van der Waals surface area contributed by atoms with E-state index < -0.39 is 0 Å². The van der Waals surface area contributed by atoms with Gasteiger partial charge in [0.25, 0.3) is 5.91 Å². The fourth-order valence-corrected chi connectivity index (χ4v) is 2.42. The molecule has 0 aliphatic carbocycles. The quantitative estimate of drug-likeness (QED) is 0.485. The average Bonchev–Trinajstić information content (AvgIpc) is 3.14. The van der Waals surface area contributed by atoms with Crippen molar-refractivity contribution in [2.45, 2.75) is 13.5 Å². The highest BCUT2D eigenvalue weighted by atomic mass is 16.5. The summed E-state index contributed by atoms with van der Waals surface area (Å²) in [4.78, 5) is 11.7. The third-order valence-electron chi connectivity index (χ3n) is 3.72. The molecular weight excluding hydrogens is 354 g/mol. The van der Waals surface area contributed by atoms with Gasteiger partial charge in [0.15, 0.2) is 6.61 Å². The molecule has 0 unspecified atom stereocenters. The molecule has 0 atom stereocenters. The number of carbonyl (C=O) groups is 1. The third kappa shape index (κ3) is 6.21. The minimum atomic E-state index is -0.333. The van der Waals surface area contributed by atoms with Crippen LogP contribution in [-0.4, -0.2) is 33.7 Å². The molecule has 0 saturated heterocycles. The number of allylic oxidation sites excluding steroid dienone is 1. The molecule has 1 aromatic heterocycles. The van der Waals surface area contributed by atoms with Gasteiger partial charge in [-0.25, -0.2) is 10.1 Å². The minimum Gasteiger partial charge on any atom is -0.484 e. The highest BCUT2D eigenvalue weighted by Crippen LogP contribution is 2.11. The summed E-state index contributed by atoms with van der Waals surface area (Å²) in [6.07, 6.45) is 6.75. The monoisotopic (exact) mass is 375 g/mol. The van der Waals surface area contributed by atoms with Gasteiger partial charge in [-0.3, -0.25) is 4.79 Å². The van der Waals surface area contributed by atoms with E-state index in [0.29, 0.717) is 18.0 Å². The van der Waals surface area contributed by atoms with Crippen molar-refractivity contribution in [2.24, 2.45) is 5.10 Å². The van der Waals surface area contributed by atoms with Gasteiger partial charge in [0, 0.05) is 6.21 Å². The van der Waals surface area contributed by atoms with E-state index in [4.69, 9.17) is 4.74 Å². The van der Waals surface area contributed by atoms with E-state index in [0.717, 1.165) is 11.1 Å². The molecule has 0 bridgehead atoms. The predicted molar refractivity (Wildman–Crippen MR) is 108 cm³/mol. The Bertz CT molecular complexity index is 964. The Kier molecular flexibility index (Phi) is 6.67. The number of nitrogens with one attached hydrogen (secondary N) is 1. The second-order valence-corrected chi connectivity index (χ2v) is 6.10. The molecule has 1 amide bonds. The SMILES string of the molecule is Cc1cccc(OCC(=O)N/N=C/C=C/c2cn(Cc3ccccc3)nn2)c1. The first-order chi connectivity index (χ1) is 13.7. The number of rotatable bonds is 8. The molecular formula is C21H21N5O2. The van der Waals surface area contributed by atoms with E-state index in [-0.39, 0.29) is 12.5 Å². The fourth-order valence-electron chi connectivity index (χ4n) is 2.42. The second kappa shape index (κ2) is 9.82. The normalized spacial score (nSPS) is 11.2. The summed E-state index contributed by atoms with van der Waals surface area (Å²) < 4.78 is 7.16. The Morgan fingerprint density at radius 3 is 2.89 bits per heavy atom. The topological polar surface area (TPSA) is 81.4 Å². The summed E-state index contributed by atoms with van der Waals surface area (Å²) in [7, 11) is 0. The summed E-state index contributed by atoms with van der Waals surface area (Å²) >= 11 is 0. The van der Waals surface area contributed by atoms with Crippen LogP contribution < -0.4 is 10.2 Å². The van der Waals surface area contributed by atoms with Crippen LogP contribution in [0.2, 0.25) is 0 Å². The zero-order valence-electron chi connectivity index (χ0n) is 15.5. The molecule has 1 N–H and O–H groups in total. The maximum Gasteiger partial charge on any atom is 0.277 e. The number of carbonyl (C=O) groups excluding carboxylic acids is 1. The fraction of sp³-hybridized carbons (Fsp3) is 0.143. The summed E-state index contributed by atoms with van der Waals surface area (Å²) in [5.74, 6) is 0.317. The van der Waals surface area contributed by atoms with Gasteiger partial charge in [-0.15, -0.1) is 5.10 Å². The third-order valence-corrected chi connectivity index (χ3v) is 3.72. The van der Waals surface area contributed by atoms with E-state index in [2.05, 4.69) is 20.8 Å². The first-order valence-electron chi connectivity index (χ1n) is 8.81. The van der Waals surface area contributed by atoms with E-state index in [1.54, 1.807) is 22.9 Å². The molecule has 0 spiro atoms. The summed E-state index contributed by atoms with van der Waals surface area (Å²) in [6.45, 7) is 2.52. The number of ether oxygens (including phenoxy) is 1. The van der Waals surface area contributed by atoms with Crippen LogP contribution in [0, 0.1) is 6.92 Å². The molecule has 0 aliphatic rings. The molecule has 7 nitrogen and oxygen atoms in total. The van der Waals surface area contributed by atoms with E-state index in [1.165, 1.54) is 6.21 Å². The Hall–Kier alpha value is -3.74. The number of hydrogen-bond donors (Lipinski definition) is 1. The lowest BCUT2D eigenvalue weighted by atomic mass is 10.2. The van der Waals surface area contributed by atoms with Crippen molar-refractivity contribution < 1.29 is 9.53 Å². The Morgan fingerprint density at radius 1 is 1.21 bits per heavy atom. The Morgan fingerprint density at radius 2 is 2.07 bits per heavy atom. The highest BCUT2D eigenvalue weighted by molar-refractivity contribution is 5.81. The van der Waals surface area contributed by atoms with E-state index in [9.17, 15) is 4.79 Å². The van der Waals surface area contributed by atoms with Crippen LogP contribution in [-0.2, 0) is 11.3 Å². The molecule has 0 radical (unpaired) electrons. The minimum absolute atomic E-state index is 0.0989. The lowest BCUT2D eigenvalue weighted by Gasteiger charge is -2.05. The summed E-state index contributed by atoms with van der Waals surface area (Å²) in [5.41, 5.74) is 5.33. The van der Waals surface area contributed by atoms with Crippen LogP contribution >= 0.6 is 0 Å².